The number of nitrogens with zero attached hydrogens (tertiary/aromatic N) is 1. The van der Waals surface area contributed by atoms with E-state index in [0.29, 0.717) is 22.8 Å². The summed E-state index contributed by atoms with van der Waals surface area (Å²) in [5.74, 6) is 1.24. The molecule has 2 aromatic carbocycles. The van der Waals surface area contributed by atoms with Gasteiger partial charge in [0.25, 0.3) is 0 Å². The van der Waals surface area contributed by atoms with Gasteiger partial charge >= 0.3 is 5.97 Å². The van der Waals surface area contributed by atoms with Gasteiger partial charge in [0.2, 0.25) is 11.6 Å². The topological polar surface area (TPSA) is 66.4 Å². The summed E-state index contributed by atoms with van der Waals surface area (Å²) in [5.41, 5.74) is 1.62. The molecular formula is C19H17NO5. The van der Waals surface area contributed by atoms with Crippen LogP contribution in [0.25, 0.3) is 6.08 Å². The third kappa shape index (κ3) is 3.33. The molecule has 0 amide bonds. The molecule has 3 rings (SSSR count). The molecule has 1 aliphatic rings. The van der Waals surface area contributed by atoms with Crippen molar-refractivity contribution in [3.05, 3.63) is 59.3 Å². The number of aliphatic imine (C=N–C) groups is 1. The molecule has 128 valence electrons. The Bertz CT molecular complexity index is 830. The predicted octanol–water partition coefficient (Wildman–Crippen LogP) is 3.06. The highest BCUT2D eigenvalue weighted by atomic mass is 16.6. The van der Waals surface area contributed by atoms with Crippen molar-refractivity contribution >= 4 is 17.9 Å². The second-order valence-electron chi connectivity index (χ2n) is 5.16. The first kappa shape index (κ1) is 16.6. The number of carbonyl (C=O) groups excluding carboxylic acids is 1. The van der Waals surface area contributed by atoms with E-state index >= 15 is 0 Å². The Labute approximate surface area is 145 Å². The van der Waals surface area contributed by atoms with E-state index in [9.17, 15) is 4.79 Å². The monoisotopic (exact) mass is 339 g/mol. The third-order valence-electron chi connectivity index (χ3n) is 3.63. The Morgan fingerprint density at radius 1 is 0.960 bits per heavy atom. The number of rotatable bonds is 5. The minimum absolute atomic E-state index is 0.202. The van der Waals surface area contributed by atoms with Crippen LogP contribution in [-0.4, -0.2) is 33.2 Å². The molecule has 1 heterocycles. The highest BCUT2D eigenvalue weighted by molar-refractivity contribution is 6.12. The van der Waals surface area contributed by atoms with Crippen LogP contribution in [0.15, 0.2) is 53.2 Å². The van der Waals surface area contributed by atoms with Crippen molar-refractivity contribution < 1.29 is 23.7 Å². The van der Waals surface area contributed by atoms with Gasteiger partial charge in [-0.2, -0.15) is 0 Å². The number of hydrogen-bond donors (Lipinski definition) is 0. The van der Waals surface area contributed by atoms with Crippen molar-refractivity contribution in [2.45, 2.75) is 0 Å². The summed E-state index contributed by atoms with van der Waals surface area (Å²) in [7, 11) is 4.59. The Morgan fingerprint density at radius 2 is 1.60 bits per heavy atom. The molecule has 0 fully saturated rings. The van der Waals surface area contributed by atoms with Crippen LogP contribution in [0.5, 0.6) is 17.2 Å². The molecule has 6 heteroatoms. The van der Waals surface area contributed by atoms with E-state index in [0.717, 1.165) is 5.56 Å². The summed E-state index contributed by atoms with van der Waals surface area (Å²) < 4.78 is 21.2. The van der Waals surface area contributed by atoms with E-state index in [2.05, 4.69) is 4.99 Å². The smallest absolute Gasteiger partial charge is 0.363 e. The quantitative estimate of drug-likeness (QED) is 0.619. The number of benzene rings is 2. The zero-order chi connectivity index (χ0) is 17.8. The molecule has 0 spiro atoms. The van der Waals surface area contributed by atoms with Crippen LogP contribution in [0.4, 0.5) is 0 Å². The van der Waals surface area contributed by atoms with Gasteiger partial charge in [-0.05, 0) is 35.9 Å². The molecule has 0 bridgehead atoms. The normalized spacial score (nSPS) is 14.9. The van der Waals surface area contributed by atoms with Gasteiger partial charge in [0, 0.05) is 5.56 Å². The molecule has 2 aromatic rings. The summed E-state index contributed by atoms with van der Waals surface area (Å²) in [6, 6.07) is 12.7. The Kier molecular flexibility index (Phi) is 4.70. The number of hydrogen-bond acceptors (Lipinski definition) is 6. The van der Waals surface area contributed by atoms with E-state index in [-0.39, 0.29) is 11.6 Å². The van der Waals surface area contributed by atoms with Gasteiger partial charge in [-0.25, -0.2) is 9.79 Å². The van der Waals surface area contributed by atoms with Crippen molar-refractivity contribution in [1.29, 1.82) is 0 Å². The minimum atomic E-state index is -0.507. The van der Waals surface area contributed by atoms with Crippen LogP contribution in [0.3, 0.4) is 0 Å². The van der Waals surface area contributed by atoms with Gasteiger partial charge in [-0.15, -0.1) is 0 Å². The first-order valence-electron chi connectivity index (χ1n) is 7.54. The lowest BCUT2D eigenvalue weighted by atomic mass is 10.1. The summed E-state index contributed by atoms with van der Waals surface area (Å²) in [6.45, 7) is 0. The second-order valence-corrected chi connectivity index (χ2v) is 5.16. The lowest BCUT2D eigenvalue weighted by Gasteiger charge is -2.12. The number of esters is 1. The molecule has 0 saturated heterocycles. The molecular weight excluding hydrogens is 322 g/mol. The minimum Gasteiger partial charge on any atom is -0.493 e. The molecule has 0 radical (unpaired) electrons. The predicted molar refractivity (Wildman–Crippen MR) is 93.1 cm³/mol. The van der Waals surface area contributed by atoms with Gasteiger partial charge in [0.05, 0.1) is 21.3 Å². The van der Waals surface area contributed by atoms with Gasteiger partial charge < -0.3 is 18.9 Å². The zero-order valence-electron chi connectivity index (χ0n) is 14.1. The average molecular weight is 339 g/mol. The standard InChI is InChI=1S/C19H17NO5/c1-22-15-10-12(11-16(23-2)17(15)24-3)9-14-19(21)25-18(20-14)13-7-5-4-6-8-13/h4-11H,1-3H3/b14-9-. The van der Waals surface area contributed by atoms with Crippen molar-refractivity contribution in [3.63, 3.8) is 0 Å². The molecule has 0 saturated carbocycles. The average Bonchev–Trinajstić information content (AvgIpc) is 3.02. The third-order valence-corrected chi connectivity index (χ3v) is 3.63. The van der Waals surface area contributed by atoms with Crippen LogP contribution in [-0.2, 0) is 9.53 Å². The van der Waals surface area contributed by atoms with Crippen molar-refractivity contribution in [2.75, 3.05) is 21.3 Å². The molecule has 0 atom stereocenters. The molecule has 0 N–H and O–H groups in total. The van der Waals surface area contributed by atoms with Crippen LogP contribution >= 0.6 is 0 Å². The molecule has 6 nitrogen and oxygen atoms in total. The number of methoxy groups -OCH3 is 3. The summed E-state index contributed by atoms with van der Waals surface area (Å²) in [6.07, 6.45) is 1.61. The SMILES string of the molecule is COc1cc(/C=C2\N=C(c3ccccc3)OC2=O)cc(OC)c1OC. The van der Waals surface area contributed by atoms with Crippen molar-refractivity contribution in [1.82, 2.24) is 0 Å². The highest BCUT2D eigenvalue weighted by Crippen LogP contribution is 2.39. The van der Waals surface area contributed by atoms with Crippen LogP contribution in [0.2, 0.25) is 0 Å². The second kappa shape index (κ2) is 7.09. The lowest BCUT2D eigenvalue weighted by Crippen LogP contribution is -2.05. The van der Waals surface area contributed by atoms with Crippen LogP contribution in [0.1, 0.15) is 11.1 Å². The summed E-state index contributed by atoms with van der Waals surface area (Å²) >= 11 is 0. The van der Waals surface area contributed by atoms with Crippen molar-refractivity contribution in [3.8, 4) is 17.2 Å². The number of carbonyl (C=O) groups is 1. The zero-order valence-corrected chi connectivity index (χ0v) is 14.1. The summed E-state index contributed by atoms with van der Waals surface area (Å²) in [5, 5.41) is 0. The Morgan fingerprint density at radius 3 is 2.16 bits per heavy atom. The molecule has 25 heavy (non-hydrogen) atoms. The van der Waals surface area contributed by atoms with Gasteiger partial charge in [-0.3, -0.25) is 0 Å². The first-order chi connectivity index (χ1) is 12.2. The van der Waals surface area contributed by atoms with E-state index in [1.54, 1.807) is 18.2 Å². The molecule has 0 aliphatic carbocycles. The van der Waals surface area contributed by atoms with Crippen LogP contribution < -0.4 is 14.2 Å². The van der Waals surface area contributed by atoms with E-state index in [1.165, 1.54) is 21.3 Å². The summed E-state index contributed by atoms with van der Waals surface area (Å²) in [4.78, 5) is 16.4. The first-order valence-corrected chi connectivity index (χ1v) is 7.54. The molecule has 0 aromatic heterocycles. The van der Waals surface area contributed by atoms with Crippen molar-refractivity contribution in [2.24, 2.45) is 4.99 Å². The van der Waals surface area contributed by atoms with Gasteiger partial charge in [0.15, 0.2) is 17.2 Å². The highest BCUT2D eigenvalue weighted by Gasteiger charge is 2.24. The van der Waals surface area contributed by atoms with E-state index < -0.39 is 5.97 Å². The maximum absolute atomic E-state index is 12.1. The maximum Gasteiger partial charge on any atom is 0.363 e. The van der Waals surface area contributed by atoms with Gasteiger partial charge in [0.1, 0.15) is 0 Å². The lowest BCUT2D eigenvalue weighted by molar-refractivity contribution is -0.129. The maximum atomic E-state index is 12.1. The number of cyclic esters (lactones) is 1. The fourth-order valence-corrected chi connectivity index (χ4v) is 2.46. The Hall–Kier alpha value is -3.28. The van der Waals surface area contributed by atoms with E-state index in [1.807, 2.05) is 30.3 Å². The van der Waals surface area contributed by atoms with Gasteiger partial charge in [-0.1, -0.05) is 18.2 Å². The van der Waals surface area contributed by atoms with Crippen LogP contribution in [0, 0.1) is 0 Å². The largest absolute Gasteiger partial charge is 0.493 e. The number of ether oxygens (including phenoxy) is 4. The Balaban J connectivity index is 2.00. The molecule has 1 aliphatic heterocycles. The molecule has 0 unspecified atom stereocenters. The van der Waals surface area contributed by atoms with E-state index in [4.69, 9.17) is 18.9 Å². The fourth-order valence-electron chi connectivity index (χ4n) is 2.46. The fraction of sp³-hybridized carbons (Fsp3) is 0.158.